The second kappa shape index (κ2) is 6.91. The monoisotopic (exact) mass is 313 g/mol. The van der Waals surface area contributed by atoms with E-state index in [0.717, 1.165) is 16.8 Å². The summed E-state index contributed by atoms with van der Waals surface area (Å²) in [6, 6.07) is 12.0. The maximum Gasteiger partial charge on any atom is 0.269 e. The lowest BCUT2D eigenvalue weighted by atomic mass is 10.1. The number of aryl methyl sites for hydroxylation is 1. The lowest BCUT2D eigenvalue weighted by molar-refractivity contribution is -0.384. The van der Waals surface area contributed by atoms with Gasteiger partial charge in [-0.15, -0.1) is 0 Å². The molecule has 0 saturated carbocycles. The molecule has 6 nitrogen and oxygen atoms in total. The molecule has 0 heterocycles. The number of nitro benzene ring substituents is 1. The van der Waals surface area contributed by atoms with Crippen LogP contribution in [-0.4, -0.2) is 29.8 Å². The van der Waals surface area contributed by atoms with Crippen molar-refractivity contribution in [3.05, 3.63) is 69.3 Å². The van der Waals surface area contributed by atoms with Crippen LogP contribution >= 0.6 is 0 Å². The number of anilines is 1. The second-order valence-electron chi connectivity index (χ2n) is 5.51. The van der Waals surface area contributed by atoms with Crippen molar-refractivity contribution in [1.29, 1.82) is 0 Å². The van der Waals surface area contributed by atoms with Gasteiger partial charge in [0.2, 0.25) is 0 Å². The first kappa shape index (κ1) is 16.5. The summed E-state index contributed by atoms with van der Waals surface area (Å²) in [5.41, 5.74) is 3.31. The molecule has 0 saturated heterocycles. The van der Waals surface area contributed by atoms with E-state index >= 15 is 0 Å². The van der Waals surface area contributed by atoms with Crippen LogP contribution in [0, 0.1) is 17.0 Å². The fourth-order valence-corrected chi connectivity index (χ4v) is 2.24. The minimum atomic E-state index is -0.407. The Balaban J connectivity index is 2.10. The van der Waals surface area contributed by atoms with Crippen LogP contribution in [0.5, 0.6) is 0 Å². The third-order valence-electron chi connectivity index (χ3n) is 3.48. The highest BCUT2D eigenvalue weighted by atomic mass is 16.6. The van der Waals surface area contributed by atoms with E-state index in [-0.39, 0.29) is 11.6 Å². The summed E-state index contributed by atoms with van der Waals surface area (Å²) in [5, 5.41) is 14.0. The summed E-state index contributed by atoms with van der Waals surface area (Å²) in [4.78, 5) is 23.9. The minimum absolute atomic E-state index is 0.0345. The highest BCUT2D eigenvalue weighted by Crippen LogP contribution is 2.18. The summed E-state index contributed by atoms with van der Waals surface area (Å²) in [7, 11) is 3.44. The lowest BCUT2D eigenvalue weighted by Crippen LogP contribution is -2.22. The summed E-state index contributed by atoms with van der Waals surface area (Å²) < 4.78 is 0. The highest BCUT2D eigenvalue weighted by Gasteiger charge is 2.11. The first-order valence-electron chi connectivity index (χ1n) is 7.18. The SMILES string of the molecule is Cc1cc(NCc2cccc([N+](=O)[O-])c2)ccc1C(=O)N(C)C. The Bertz CT molecular complexity index is 742. The fraction of sp³-hybridized carbons (Fsp3) is 0.235. The number of hydrogen-bond donors (Lipinski definition) is 1. The zero-order valence-electron chi connectivity index (χ0n) is 13.4. The first-order valence-corrected chi connectivity index (χ1v) is 7.18. The summed E-state index contributed by atoms with van der Waals surface area (Å²) >= 11 is 0. The van der Waals surface area contributed by atoms with Crippen LogP contribution in [0.2, 0.25) is 0 Å². The second-order valence-corrected chi connectivity index (χ2v) is 5.51. The molecule has 2 aromatic rings. The maximum atomic E-state index is 12.0. The predicted octanol–water partition coefficient (Wildman–Crippen LogP) is 3.22. The number of nitrogens with zero attached hydrogens (tertiary/aromatic N) is 2. The van der Waals surface area contributed by atoms with Crippen LogP contribution in [0.15, 0.2) is 42.5 Å². The van der Waals surface area contributed by atoms with E-state index in [1.54, 1.807) is 37.2 Å². The van der Waals surface area contributed by atoms with E-state index < -0.39 is 4.92 Å². The Morgan fingerprint density at radius 3 is 2.57 bits per heavy atom. The average molecular weight is 313 g/mol. The van der Waals surface area contributed by atoms with E-state index in [9.17, 15) is 14.9 Å². The van der Waals surface area contributed by atoms with Crippen molar-refractivity contribution < 1.29 is 9.72 Å². The molecule has 0 unspecified atom stereocenters. The van der Waals surface area contributed by atoms with Gasteiger partial charge in [0.15, 0.2) is 0 Å². The Morgan fingerprint density at radius 2 is 1.96 bits per heavy atom. The molecule has 1 N–H and O–H groups in total. The van der Waals surface area contributed by atoms with Crippen molar-refractivity contribution in [3.63, 3.8) is 0 Å². The van der Waals surface area contributed by atoms with Gasteiger partial charge in [-0.1, -0.05) is 12.1 Å². The van der Waals surface area contributed by atoms with Gasteiger partial charge >= 0.3 is 0 Å². The lowest BCUT2D eigenvalue weighted by Gasteiger charge is -2.14. The van der Waals surface area contributed by atoms with Gasteiger partial charge in [-0.3, -0.25) is 14.9 Å². The molecule has 0 fully saturated rings. The normalized spacial score (nSPS) is 10.2. The largest absolute Gasteiger partial charge is 0.381 e. The van der Waals surface area contributed by atoms with E-state index in [2.05, 4.69) is 5.32 Å². The van der Waals surface area contributed by atoms with Gasteiger partial charge in [0.25, 0.3) is 11.6 Å². The van der Waals surface area contributed by atoms with Crippen molar-refractivity contribution in [2.75, 3.05) is 19.4 Å². The van der Waals surface area contributed by atoms with E-state index in [1.165, 1.54) is 6.07 Å². The molecular weight excluding hydrogens is 294 g/mol. The Kier molecular flexibility index (Phi) is 4.95. The molecule has 0 radical (unpaired) electrons. The molecular formula is C17H19N3O3. The van der Waals surface area contributed by atoms with Crippen molar-refractivity contribution in [1.82, 2.24) is 4.90 Å². The van der Waals surface area contributed by atoms with Crippen LogP contribution in [-0.2, 0) is 6.54 Å². The van der Waals surface area contributed by atoms with Gasteiger partial charge in [0.1, 0.15) is 0 Å². The molecule has 0 aliphatic rings. The number of benzene rings is 2. The molecule has 0 aliphatic carbocycles. The number of carbonyl (C=O) groups is 1. The van der Waals surface area contributed by atoms with Gasteiger partial charge in [-0.25, -0.2) is 0 Å². The fourth-order valence-electron chi connectivity index (χ4n) is 2.24. The van der Waals surface area contributed by atoms with E-state index in [0.29, 0.717) is 12.1 Å². The van der Waals surface area contributed by atoms with Crippen molar-refractivity contribution in [3.8, 4) is 0 Å². The van der Waals surface area contributed by atoms with Crippen LogP contribution in [0.1, 0.15) is 21.5 Å². The molecule has 0 bridgehead atoms. The number of amides is 1. The van der Waals surface area contributed by atoms with Crippen molar-refractivity contribution >= 4 is 17.3 Å². The molecule has 0 atom stereocenters. The van der Waals surface area contributed by atoms with Gasteiger partial charge in [0, 0.05) is 44.0 Å². The van der Waals surface area contributed by atoms with E-state index in [1.807, 2.05) is 25.1 Å². The zero-order valence-corrected chi connectivity index (χ0v) is 13.4. The summed E-state index contributed by atoms with van der Waals surface area (Å²) in [6.45, 7) is 2.36. The Hall–Kier alpha value is -2.89. The molecule has 0 aliphatic heterocycles. The topological polar surface area (TPSA) is 75.5 Å². The van der Waals surface area contributed by atoms with Gasteiger partial charge in [0.05, 0.1) is 4.92 Å². The van der Waals surface area contributed by atoms with Crippen LogP contribution in [0.25, 0.3) is 0 Å². The average Bonchev–Trinajstić information content (AvgIpc) is 2.52. The molecule has 120 valence electrons. The molecule has 1 amide bonds. The zero-order chi connectivity index (χ0) is 17.0. The smallest absolute Gasteiger partial charge is 0.269 e. The number of carbonyl (C=O) groups excluding carboxylic acids is 1. The molecule has 0 spiro atoms. The molecule has 6 heteroatoms. The Labute approximate surface area is 134 Å². The number of rotatable bonds is 5. The van der Waals surface area contributed by atoms with Gasteiger partial charge < -0.3 is 10.2 Å². The first-order chi connectivity index (χ1) is 10.9. The van der Waals surface area contributed by atoms with Gasteiger partial charge in [-0.2, -0.15) is 0 Å². The number of hydrogen-bond acceptors (Lipinski definition) is 4. The van der Waals surface area contributed by atoms with Crippen LogP contribution in [0.3, 0.4) is 0 Å². The number of nitrogens with one attached hydrogen (secondary N) is 1. The van der Waals surface area contributed by atoms with E-state index in [4.69, 9.17) is 0 Å². The van der Waals surface area contributed by atoms with Gasteiger partial charge in [-0.05, 0) is 36.2 Å². The molecule has 23 heavy (non-hydrogen) atoms. The standard InChI is InChI=1S/C17H19N3O3/c1-12-9-14(7-8-16(12)17(21)19(2)3)18-11-13-5-4-6-15(10-13)20(22)23/h4-10,18H,11H2,1-3H3. The molecule has 2 rings (SSSR count). The number of non-ortho nitro benzene ring substituents is 1. The highest BCUT2D eigenvalue weighted by molar-refractivity contribution is 5.95. The summed E-state index contributed by atoms with van der Waals surface area (Å²) in [5.74, 6) is -0.0345. The maximum absolute atomic E-state index is 12.0. The Morgan fingerprint density at radius 1 is 1.22 bits per heavy atom. The van der Waals surface area contributed by atoms with Crippen LogP contribution in [0.4, 0.5) is 11.4 Å². The van der Waals surface area contributed by atoms with Crippen molar-refractivity contribution in [2.24, 2.45) is 0 Å². The number of nitro groups is 1. The van der Waals surface area contributed by atoms with Crippen LogP contribution < -0.4 is 5.32 Å². The molecule has 2 aromatic carbocycles. The minimum Gasteiger partial charge on any atom is -0.381 e. The molecule has 0 aromatic heterocycles. The third kappa shape index (κ3) is 4.06. The van der Waals surface area contributed by atoms with Crippen molar-refractivity contribution in [2.45, 2.75) is 13.5 Å². The third-order valence-corrected chi connectivity index (χ3v) is 3.48. The predicted molar refractivity (Wildman–Crippen MR) is 89.6 cm³/mol. The summed E-state index contributed by atoms with van der Waals surface area (Å²) in [6.07, 6.45) is 0. The quantitative estimate of drug-likeness (QED) is 0.679.